The summed E-state index contributed by atoms with van der Waals surface area (Å²) in [5.41, 5.74) is 0.0964. The number of carbonyl (C=O) groups excluding carboxylic acids is 1. The van der Waals surface area contributed by atoms with Crippen LogP contribution in [0.3, 0.4) is 0 Å². The predicted octanol–water partition coefficient (Wildman–Crippen LogP) is 3.96. The first kappa shape index (κ1) is 18.4. The lowest BCUT2D eigenvalue weighted by Crippen LogP contribution is -2.51. The number of carbonyl (C=O) groups is 1. The highest BCUT2D eigenvalue weighted by Crippen LogP contribution is 2.59. The summed E-state index contributed by atoms with van der Waals surface area (Å²) < 4.78 is 28.3. The van der Waals surface area contributed by atoms with Gasteiger partial charge in [-0.15, -0.1) is 5.10 Å². The lowest BCUT2D eigenvalue weighted by Gasteiger charge is -2.41. The summed E-state index contributed by atoms with van der Waals surface area (Å²) in [7, 11) is 1.61. The Balaban J connectivity index is 2.26. The van der Waals surface area contributed by atoms with Gasteiger partial charge >= 0.3 is 0 Å². The molecule has 2 atom stereocenters. The first-order valence-electron chi connectivity index (χ1n) is 8.77. The molecule has 1 aliphatic rings. The molecule has 0 aliphatic heterocycles. The molecule has 1 heterocycles. The van der Waals surface area contributed by atoms with Gasteiger partial charge in [0.15, 0.2) is 0 Å². The Kier molecular flexibility index (Phi) is 4.33. The molecule has 0 spiro atoms. The van der Waals surface area contributed by atoms with Crippen molar-refractivity contribution in [3.63, 3.8) is 0 Å². The Labute approximate surface area is 152 Å². The Morgan fingerprint density at radius 1 is 1.23 bits per heavy atom. The molecule has 4 nitrogen and oxygen atoms in total. The van der Waals surface area contributed by atoms with Gasteiger partial charge in [-0.1, -0.05) is 33.8 Å². The van der Waals surface area contributed by atoms with Gasteiger partial charge < -0.3 is 5.32 Å². The fraction of sp³-hybridized carbons (Fsp3) is 0.450. The maximum atomic E-state index is 14.2. The molecule has 0 radical (unpaired) electrons. The van der Waals surface area contributed by atoms with Gasteiger partial charge in [0, 0.05) is 7.05 Å². The molecule has 0 saturated carbocycles. The highest BCUT2D eigenvalue weighted by Gasteiger charge is 2.60. The van der Waals surface area contributed by atoms with E-state index in [1.807, 2.05) is 27.7 Å². The van der Waals surface area contributed by atoms with Gasteiger partial charge in [0.25, 0.3) is 0 Å². The molecule has 138 valence electrons. The van der Waals surface area contributed by atoms with Crippen LogP contribution >= 0.6 is 0 Å². The molecule has 1 aromatic heterocycles. The van der Waals surface area contributed by atoms with E-state index >= 15 is 0 Å². The summed E-state index contributed by atoms with van der Waals surface area (Å²) in [6.45, 7) is 8.02. The molecule has 1 unspecified atom stereocenters. The Morgan fingerprint density at radius 3 is 2.38 bits per heavy atom. The molecule has 1 amide bonds. The van der Waals surface area contributed by atoms with Crippen LogP contribution in [-0.4, -0.2) is 23.2 Å². The van der Waals surface area contributed by atoms with Crippen molar-refractivity contribution in [1.29, 1.82) is 0 Å². The van der Waals surface area contributed by atoms with Gasteiger partial charge in [0.1, 0.15) is 11.6 Å². The molecule has 3 rings (SSSR count). The van der Waals surface area contributed by atoms with Crippen LogP contribution in [-0.2, 0) is 10.2 Å². The van der Waals surface area contributed by atoms with Crippen molar-refractivity contribution in [3.8, 4) is 11.3 Å². The van der Waals surface area contributed by atoms with E-state index in [-0.39, 0.29) is 23.1 Å². The molecular formula is C20H23F2N3O. The molecule has 0 fully saturated rings. The maximum absolute atomic E-state index is 14.2. The third-order valence-electron chi connectivity index (χ3n) is 6.24. The highest BCUT2D eigenvalue weighted by atomic mass is 19.1. The number of halogens is 2. The van der Waals surface area contributed by atoms with Crippen molar-refractivity contribution in [2.75, 3.05) is 7.05 Å². The minimum atomic E-state index is -0.837. The lowest BCUT2D eigenvalue weighted by atomic mass is 9.62. The van der Waals surface area contributed by atoms with Crippen LogP contribution in [0.1, 0.15) is 51.3 Å². The standard InChI is InChI=1S/C20H23F2N3O/c1-6-20(18(26)23-5)17-12(11(2)19(20,3)4)10-15(24-25-17)16-13(21)8-7-9-14(16)22/h7-11H,6H2,1-5H3,(H,23,26)/t11-,20?/m1/s1. The minimum absolute atomic E-state index is 0.0289. The first-order valence-corrected chi connectivity index (χ1v) is 8.77. The smallest absolute Gasteiger partial charge is 0.232 e. The van der Waals surface area contributed by atoms with Crippen molar-refractivity contribution in [1.82, 2.24) is 15.5 Å². The third kappa shape index (κ3) is 2.20. The number of likely N-dealkylation sites (N-methyl/N-ethyl adjacent to an activating group) is 1. The lowest BCUT2D eigenvalue weighted by molar-refractivity contribution is -0.131. The summed E-state index contributed by atoms with van der Waals surface area (Å²) in [4.78, 5) is 12.9. The summed E-state index contributed by atoms with van der Waals surface area (Å²) in [5, 5.41) is 11.2. The van der Waals surface area contributed by atoms with E-state index in [0.29, 0.717) is 12.1 Å². The van der Waals surface area contributed by atoms with Crippen LogP contribution in [0.2, 0.25) is 0 Å². The number of hydrogen-bond donors (Lipinski definition) is 1. The van der Waals surface area contributed by atoms with E-state index in [2.05, 4.69) is 15.5 Å². The van der Waals surface area contributed by atoms with Crippen LogP contribution < -0.4 is 5.32 Å². The number of hydrogen-bond acceptors (Lipinski definition) is 3. The van der Waals surface area contributed by atoms with Gasteiger partial charge in [-0.3, -0.25) is 4.79 Å². The molecule has 26 heavy (non-hydrogen) atoms. The molecule has 0 saturated heterocycles. The van der Waals surface area contributed by atoms with Gasteiger partial charge in [0.05, 0.1) is 22.4 Å². The molecule has 1 aromatic carbocycles. The quantitative estimate of drug-likeness (QED) is 0.902. The number of amides is 1. The summed E-state index contributed by atoms with van der Waals surface area (Å²) in [5.74, 6) is -1.51. The summed E-state index contributed by atoms with van der Waals surface area (Å²) >= 11 is 0. The Bertz CT molecular complexity index is 861. The third-order valence-corrected chi connectivity index (χ3v) is 6.24. The van der Waals surface area contributed by atoms with Crippen LogP contribution in [0.5, 0.6) is 0 Å². The zero-order valence-corrected chi connectivity index (χ0v) is 15.7. The number of aromatic nitrogens is 2. The molecule has 2 aromatic rings. The number of rotatable bonds is 3. The monoisotopic (exact) mass is 359 g/mol. The predicted molar refractivity (Wildman–Crippen MR) is 95.6 cm³/mol. The number of fused-ring (bicyclic) bond motifs is 1. The van der Waals surface area contributed by atoms with Crippen molar-refractivity contribution in [3.05, 3.63) is 47.2 Å². The largest absolute Gasteiger partial charge is 0.358 e. The van der Waals surface area contributed by atoms with Crippen molar-refractivity contribution >= 4 is 5.91 Å². The molecular weight excluding hydrogens is 336 g/mol. The summed E-state index contributed by atoms with van der Waals surface area (Å²) in [6.07, 6.45) is 0.555. The van der Waals surface area contributed by atoms with E-state index in [1.165, 1.54) is 18.2 Å². The normalized spacial score (nSPS) is 23.6. The fourth-order valence-corrected chi connectivity index (χ4v) is 4.39. The number of nitrogens with one attached hydrogen (secondary N) is 1. The topological polar surface area (TPSA) is 54.9 Å². The second-order valence-electron chi connectivity index (χ2n) is 7.41. The summed E-state index contributed by atoms with van der Waals surface area (Å²) in [6, 6.07) is 5.38. The van der Waals surface area contributed by atoms with Crippen molar-refractivity contribution in [2.45, 2.75) is 45.4 Å². The van der Waals surface area contributed by atoms with Crippen molar-refractivity contribution in [2.24, 2.45) is 5.41 Å². The van der Waals surface area contributed by atoms with Crippen LogP contribution in [0, 0.1) is 17.0 Å². The van der Waals surface area contributed by atoms with Crippen LogP contribution in [0.4, 0.5) is 8.78 Å². The molecule has 6 heteroatoms. The van der Waals surface area contributed by atoms with E-state index < -0.39 is 22.5 Å². The maximum Gasteiger partial charge on any atom is 0.232 e. The molecule has 1 aliphatic carbocycles. The van der Waals surface area contributed by atoms with E-state index in [1.54, 1.807) is 13.1 Å². The first-order chi connectivity index (χ1) is 12.2. The van der Waals surface area contributed by atoms with Crippen molar-refractivity contribution < 1.29 is 13.6 Å². The fourth-order valence-electron chi connectivity index (χ4n) is 4.39. The van der Waals surface area contributed by atoms with Crippen LogP contribution in [0.15, 0.2) is 24.3 Å². The Hall–Kier alpha value is -2.37. The second kappa shape index (κ2) is 6.11. The highest BCUT2D eigenvalue weighted by molar-refractivity contribution is 5.90. The van der Waals surface area contributed by atoms with Gasteiger partial charge in [-0.25, -0.2) is 8.78 Å². The average molecular weight is 359 g/mol. The van der Waals surface area contributed by atoms with Gasteiger partial charge in [-0.2, -0.15) is 5.10 Å². The van der Waals surface area contributed by atoms with Gasteiger partial charge in [0.2, 0.25) is 5.91 Å². The second-order valence-corrected chi connectivity index (χ2v) is 7.41. The molecule has 1 N–H and O–H groups in total. The average Bonchev–Trinajstić information content (AvgIpc) is 2.78. The van der Waals surface area contributed by atoms with E-state index in [9.17, 15) is 13.6 Å². The van der Waals surface area contributed by atoms with E-state index in [0.717, 1.165) is 5.56 Å². The molecule has 0 bridgehead atoms. The SMILES string of the molecule is CCC1(C(=O)NC)c2nnc(-c3c(F)cccc3F)cc2[C@@H](C)C1(C)C. The minimum Gasteiger partial charge on any atom is -0.358 e. The zero-order valence-electron chi connectivity index (χ0n) is 15.7. The number of nitrogens with zero attached hydrogens (tertiary/aromatic N) is 2. The Morgan fingerprint density at radius 2 is 1.85 bits per heavy atom. The zero-order chi connectivity index (χ0) is 19.3. The number of benzene rings is 1. The van der Waals surface area contributed by atoms with Crippen LogP contribution in [0.25, 0.3) is 11.3 Å². The van der Waals surface area contributed by atoms with E-state index in [4.69, 9.17) is 0 Å². The van der Waals surface area contributed by atoms with Gasteiger partial charge in [-0.05, 0) is 41.5 Å².